The highest BCUT2D eigenvalue weighted by Crippen LogP contribution is 2.33. The summed E-state index contributed by atoms with van der Waals surface area (Å²) in [5, 5.41) is 22.4. The van der Waals surface area contributed by atoms with Gasteiger partial charge in [0.2, 0.25) is 0 Å². The molecule has 0 heterocycles. The maximum Gasteiger partial charge on any atom is 0.265 e. The first-order chi connectivity index (χ1) is 12.7. The van der Waals surface area contributed by atoms with E-state index < -0.39 is 49.4 Å². The number of amides is 1. The molecule has 1 amide bonds. The molecule has 0 radical (unpaired) electrons. The second-order valence-corrected chi connectivity index (χ2v) is 7.88. The van der Waals surface area contributed by atoms with Gasteiger partial charge in [0.15, 0.2) is 5.75 Å². The molecule has 0 fully saturated rings. The smallest absolute Gasteiger partial charge is 0.265 e. The summed E-state index contributed by atoms with van der Waals surface area (Å²) in [5.41, 5.74) is -1.01. The van der Waals surface area contributed by atoms with Crippen LogP contribution in [0.1, 0.15) is 10.4 Å². The zero-order valence-electron chi connectivity index (χ0n) is 14.0. The van der Waals surface area contributed by atoms with Crippen LogP contribution in [-0.4, -0.2) is 44.8 Å². The van der Waals surface area contributed by atoms with Gasteiger partial charge < -0.3 is 20.3 Å². The predicted octanol–water partition coefficient (Wildman–Crippen LogP) is 2.18. The van der Waals surface area contributed by atoms with Crippen molar-refractivity contribution >= 4 is 37.5 Å². The van der Waals surface area contributed by atoms with Crippen molar-refractivity contribution in [1.82, 2.24) is 5.32 Å². The van der Waals surface area contributed by atoms with E-state index in [0.717, 1.165) is 18.2 Å². The number of rotatable bonds is 7. The van der Waals surface area contributed by atoms with E-state index in [1.54, 1.807) is 0 Å². The Morgan fingerprint density at radius 3 is 2.63 bits per heavy atom. The largest absolute Gasteiger partial charge is 0.507 e. The van der Waals surface area contributed by atoms with E-state index in [1.807, 2.05) is 4.72 Å². The molecule has 0 aliphatic rings. The molecule has 27 heavy (non-hydrogen) atoms. The third-order valence-corrected chi connectivity index (χ3v) is 5.25. The summed E-state index contributed by atoms with van der Waals surface area (Å²) in [5.74, 6) is -3.06. The van der Waals surface area contributed by atoms with Crippen LogP contribution in [0.15, 0.2) is 39.7 Å². The molecule has 4 N–H and O–H groups in total. The molecule has 11 heteroatoms. The highest BCUT2D eigenvalue weighted by atomic mass is 79.9. The maximum atomic E-state index is 13.9. The number of hydrogen-bond donors (Lipinski definition) is 4. The summed E-state index contributed by atoms with van der Waals surface area (Å²) < 4.78 is 46.0. The average Bonchev–Trinajstić information content (AvgIpc) is 2.59. The predicted molar refractivity (Wildman–Crippen MR) is 98.9 cm³/mol. The van der Waals surface area contributed by atoms with Crippen LogP contribution in [0.3, 0.4) is 0 Å². The highest BCUT2D eigenvalue weighted by Gasteiger charge is 2.23. The van der Waals surface area contributed by atoms with E-state index in [1.165, 1.54) is 13.2 Å². The summed E-state index contributed by atoms with van der Waals surface area (Å²) in [6, 6.07) is 5.20. The van der Waals surface area contributed by atoms with Gasteiger partial charge in [0, 0.05) is 24.2 Å². The number of aromatic hydroxyl groups is 2. The van der Waals surface area contributed by atoms with Crippen LogP contribution in [-0.2, 0) is 14.8 Å². The summed E-state index contributed by atoms with van der Waals surface area (Å²) in [6.07, 6.45) is 0. The van der Waals surface area contributed by atoms with Gasteiger partial charge in [-0.3, -0.25) is 9.52 Å². The summed E-state index contributed by atoms with van der Waals surface area (Å²) >= 11 is 3.09. The number of phenolic OH excluding ortho intramolecular Hbond substituents is 2. The number of carbonyl (C=O) groups excluding carboxylic acids is 1. The molecule has 0 bridgehead atoms. The molecule has 0 unspecified atom stereocenters. The van der Waals surface area contributed by atoms with Crippen LogP contribution in [0.5, 0.6) is 11.5 Å². The van der Waals surface area contributed by atoms with E-state index in [9.17, 15) is 27.8 Å². The minimum absolute atomic E-state index is 0.109. The molecule has 0 saturated carbocycles. The van der Waals surface area contributed by atoms with Crippen molar-refractivity contribution in [3.63, 3.8) is 0 Å². The molecule has 146 valence electrons. The van der Waals surface area contributed by atoms with E-state index in [4.69, 9.17) is 4.74 Å². The van der Waals surface area contributed by atoms with E-state index >= 15 is 0 Å². The van der Waals surface area contributed by atoms with Gasteiger partial charge in [0.25, 0.3) is 15.9 Å². The Balaban J connectivity index is 2.39. The molecule has 8 nitrogen and oxygen atoms in total. The Labute approximate surface area is 163 Å². The van der Waals surface area contributed by atoms with Crippen LogP contribution >= 0.6 is 15.9 Å². The zero-order valence-corrected chi connectivity index (χ0v) is 16.4. The van der Waals surface area contributed by atoms with Gasteiger partial charge in [-0.05, 0) is 24.3 Å². The third-order valence-electron chi connectivity index (χ3n) is 3.37. The number of ether oxygens (including phenoxy) is 1. The van der Waals surface area contributed by atoms with Gasteiger partial charge >= 0.3 is 0 Å². The maximum absolute atomic E-state index is 13.9. The number of nitrogens with one attached hydrogen (secondary N) is 2. The number of anilines is 1. The average molecular weight is 463 g/mol. The van der Waals surface area contributed by atoms with Crippen molar-refractivity contribution in [2.24, 2.45) is 0 Å². The quantitative estimate of drug-likeness (QED) is 0.369. The Bertz CT molecular complexity index is 968. The Morgan fingerprint density at radius 2 is 1.96 bits per heavy atom. The number of methoxy groups -OCH3 is 1. The van der Waals surface area contributed by atoms with Crippen LogP contribution in [0.4, 0.5) is 10.1 Å². The summed E-state index contributed by atoms with van der Waals surface area (Å²) in [6.45, 7) is 0.307. The second kappa shape index (κ2) is 8.55. The lowest BCUT2D eigenvalue weighted by Gasteiger charge is -2.14. The van der Waals surface area contributed by atoms with Gasteiger partial charge in [0.05, 0.1) is 17.9 Å². The Kier molecular flexibility index (Phi) is 6.63. The fraction of sp³-hybridized carbons (Fsp3) is 0.188. The first-order valence-electron chi connectivity index (χ1n) is 7.46. The topological polar surface area (TPSA) is 125 Å². The first-order valence-corrected chi connectivity index (χ1v) is 9.74. The van der Waals surface area contributed by atoms with Crippen molar-refractivity contribution in [2.45, 2.75) is 4.90 Å². The number of hydrogen-bond acceptors (Lipinski definition) is 6. The lowest BCUT2D eigenvalue weighted by Crippen LogP contribution is -2.27. The molecule has 0 aromatic heterocycles. The van der Waals surface area contributed by atoms with Crippen molar-refractivity contribution < 1.29 is 32.6 Å². The molecule has 0 saturated heterocycles. The van der Waals surface area contributed by atoms with Gasteiger partial charge in [-0.15, -0.1) is 0 Å². The number of sulfonamides is 1. The lowest BCUT2D eigenvalue weighted by molar-refractivity contribution is 0.0934. The van der Waals surface area contributed by atoms with Crippen molar-refractivity contribution in [3.8, 4) is 11.5 Å². The molecule has 0 aliphatic heterocycles. The molecule has 2 aromatic rings. The first kappa shape index (κ1) is 20.9. The fourth-order valence-corrected chi connectivity index (χ4v) is 3.81. The Hall–Kier alpha value is -2.37. The van der Waals surface area contributed by atoms with Crippen LogP contribution in [0.2, 0.25) is 0 Å². The molecule has 0 atom stereocenters. The van der Waals surface area contributed by atoms with E-state index in [-0.39, 0.29) is 13.2 Å². The van der Waals surface area contributed by atoms with Gasteiger partial charge in [0.1, 0.15) is 16.5 Å². The van der Waals surface area contributed by atoms with Crippen LogP contribution in [0, 0.1) is 5.82 Å². The van der Waals surface area contributed by atoms with Crippen molar-refractivity contribution in [2.75, 3.05) is 25.0 Å². The van der Waals surface area contributed by atoms with Crippen LogP contribution < -0.4 is 10.0 Å². The molecular weight excluding hydrogens is 447 g/mol. The lowest BCUT2D eigenvalue weighted by atomic mass is 10.1. The minimum atomic E-state index is -4.38. The van der Waals surface area contributed by atoms with Crippen molar-refractivity contribution in [1.29, 1.82) is 0 Å². The second-order valence-electron chi connectivity index (χ2n) is 5.32. The molecule has 0 spiro atoms. The van der Waals surface area contributed by atoms with Crippen LogP contribution in [0.25, 0.3) is 0 Å². The van der Waals surface area contributed by atoms with Crippen molar-refractivity contribution in [3.05, 3.63) is 46.2 Å². The molecule has 2 rings (SSSR count). The standard InChI is InChI=1S/C16H16BrFN2O6S/c1-26-5-4-19-16(23)11-7-10(18)8-12(15(11)22)20-27(24,25)14-6-9(17)2-3-13(14)21/h2-3,6-8,20-22H,4-5H2,1H3,(H,19,23). The third kappa shape index (κ3) is 5.08. The number of benzene rings is 2. The highest BCUT2D eigenvalue weighted by molar-refractivity contribution is 9.10. The van der Waals surface area contributed by atoms with Gasteiger partial charge in [-0.2, -0.15) is 0 Å². The Morgan fingerprint density at radius 1 is 1.26 bits per heavy atom. The van der Waals surface area contributed by atoms with E-state index in [2.05, 4.69) is 21.2 Å². The van der Waals surface area contributed by atoms with E-state index in [0.29, 0.717) is 10.5 Å². The fourth-order valence-electron chi connectivity index (χ4n) is 2.11. The number of phenols is 2. The van der Waals surface area contributed by atoms with Gasteiger partial charge in [-0.1, -0.05) is 15.9 Å². The number of halogens is 2. The normalized spacial score (nSPS) is 11.2. The molecule has 2 aromatic carbocycles. The molecule has 0 aliphatic carbocycles. The minimum Gasteiger partial charge on any atom is -0.507 e. The summed E-state index contributed by atoms with van der Waals surface area (Å²) in [7, 11) is -2.95. The summed E-state index contributed by atoms with van der Waals surface area (Å²) in [4.78, 5) is 11.6. The van der Waals surface area contributed by atoms with Gasteiger partial charge in [-0.25, -0.2) is 12.8 Å². The molecular formula is C16H16BrFN2O6S. The number of carbonyl (C=O) groups is 1. The SMILES string of the molecule is COCCNC(=O)c1cc(F)cc(NS(=O)(=O)c2cc(Br)ccc2O)c1O. The monoisotopic (exact) mass is 462 g/mol. The zero-order chi connectivity index (χ0) is 20.2.